The maximum Gasteiger partial charge on any atom is 0.326 e. The number of ether oxygens (including phenoxy) is 1. The van der Waals surface area contributed by atoms with E-state index in [1.165, 1.54) is 0 Å². The minimum atomic E-state index is -0.974. The van der Waals surface area contributed by atoms with E-state index in [0.29, 0.717) is 6.42 Å². The van der Waals surface area contributed by atoms with Gasteiger partial charge in [-0.15, -0.1) is 0 Å². The van der Waals surface area contributed by atoms with Gasteiger partial charge in [-0.25, -0.2) is 4.79 Å². The molecule has 0 aliphatic heterocycles. The molecule has 0 aromatic heterocycles. The normalized spacial score (nSPS) is 17.6. The number of carbonyl (C=O) groups is 2. The summed E-state index contributed by atoms with van der Waals surface area (Å²) in [5, 5.41) is 11.5. The van der Waals surface area contributed by atoms with Crippen molar-refractivity contribution in [1.29, 1.82) is 0 Å². The molecule has 1 fully saturated rings. The number of hydrogen-bond acceptors (Lipinski definition) is 3. The average molecular weight is 257 g/mol. The average Bonchev–Trinajstić information content (AvgIpc) is 2.84. The minimum Gasteiger partial charge on any atom is -0.480 e. The van der Waals surface area contributed by atoms with Crippen LogP contribution in [0, 0.1) is 0 Å². The summed E-state index contributed by atoms with van der Waals surface area (Å²) in [4.78, 5) is 22.5. The number of hydrogen-bond donors (Lipinski definition) is 2. The van der Waals surface area contributed by atoms with Gasteiger partial charge in [0.15, 0.2) is 0 Å². The van der Waals surface area contributed by atoms with Crippen molar-refractivity contribution < 1.29 is 19.4 Å². The molecule has 0 aromatic rings. The van der Waals surface area contributed by atoms with Gasteiger partial charge >= 0.3 is 5.97 Å². The van der Waals surface area contributed by atoms with E-state index >= 15 is 0 Å². The van der Waals surface area contributed by atoms with Crippen LogP contribution in [0.3, 0.4) is 0 Å². The van der Waals surface area contributed by atoms with Crippen LogP contribution in [0.5, 0.6) is 0 Å². The predicted molar refractivity (Wildman–Crippen MR) is 67.3 cm³/mol. The maximum atomic E-state index is 11.6. The highest BCUT2D eigenvalue weighted by molar-refractivity contribution is 5.84. The van der Waals surface area contributed by atoms with E-state index in [4.69, 9.17) is 9.84 Å². The molecule has 0 bridgehead atoms. The van der Waals surface area contributed by atoms with E-state index in [-0.39, 0.29) is 18.6 Å². The van der Waals surface area contributed by atoms with Gasteiger partial charge in [0.2, 0.25) is 5.91 Å². The number of carbonyl (C=O) groups excluding carboxylic acids is 1. The first-order valence-electron chi connectivity index (χ1n) is 6.77. The molecule has 1 atom stereocenters. The summed E-state index contributed by atoms with van der Waals surface area (Å²) in [6, 6.07) is -0.787. The van der Waals surface area contributed by atoms with Crippen LogP contribution >= 0.6 is 0 Å². The zero-order valence-electron chi connectivity index (χ0n) is 11.0. The predicted octanol–water partition coefficient (Wildman–Crippen LogP) is 1.71. The molecule has 0 radical (unpaired) electrons. The summed E-state index contributed by atoms with van der Waals surface area (Å²) in [6.45, 7) is 1.96. The van der Waals surface area contributed by atoms with Gasteiger partial charge in [-0.05, 0) is 19.3 Å². The van der Waals surface area contributed by atoms with Crippen LogP contribution < -0.4 is 5.32 Å². The van der Waals surface area contributed by atoms with Crippen LogP contribution in [-0.2, 0) is 14.3 Å². The first-order chi connectivity index (χ1) is 8.63. The molecule has 0 heterocycles. The van der Waals surface area contributed by atoms with E-state index in [9.17, 15) is 9.59 Å². The number of carboxylic acids is 1. The molecule has 1 saturated carbocycles. The summed E-state index contributed by atoms with van der Waals surface area (Å²) in [6.07, 6.45) is 6.67. The second-order valence-corrected chi connectivity index (χ2v) is 4.82. The molecule has 1 aliphatic carbocycles. The van der Waals surface area contributed by atoms with Crippen LogP contribution in [0.15, 0.2) is 0 Å². The molecule has 0 spiro atoms. The number of aliphatic carboxylic acids is 1. The Morgan fingerprint density at radius 1 is 1.39 bits per heavy atom. The molecular formula is C13H23NO4. The van der Waals surface area contributed by atoms with Crippen molar-refractivity contribution in [3.63, 3.8) is 0 Å². The van der Waals surface area contributed by atoms with Gasteiger partial charge in [0.1, 0.15) is 12.6 Å². The van der Waals surface area contributed by atoms with Gasteiger partial charge in [-0.3, -0.25) is 4.79 Å². The van der Waals surface area contributed by atoms with Crippen molar-refractivity contribution in [3.05, 3.63) is 0 Å². The van der Waals surface area contributed by atoms with Crippen molar-refractivity contribution >= 4 is 11.9 Å². The van der Waals surface area contributed by atoms with Gasteiger partial charge in [-0.1, -0.05) is 32.6 Å². The summed E-state index contributed by atoms with van der Waals surface area (Å²) in [7, 11) is 0. The van der Waals surface area contributed by atoms with Gasteiger partial charge in [0.25, 0.3) is 0 Å². The van der Waals surface area contributed by atoms with Crippen molar-refractivity contribution in [3.8, 4) is 0 Å². The minimum absolute atomic E-state index is 0.0272. The molecule has 104 valence electrons. The fraction of sp³-hybridized carbons (Fsp3) is 0.846. The van der Waals surface area contributed by atoms with Crippen molar-refractivity contribution in [2.75, 3.05) is 6.61 Å². The molecule has 1 rings (SSSR count). The molecule has 2 N–H and O–H groups in total. The number of nitrogens with one attached hydrogen (secondary N) is 1. The largest absolute Gasteiger partial charge is 0.480 e. The van der Waals surface area contributed by atoms with E-state index in [1.807, 2.05) is 6.92 Å². The van der Waals surface area contributed by atoms with Crippen molar-refractivity contribution in [1.82, 2.24) is 5.32 Å². The lowest BCUT2D eigenvalue weighted by Crippen LogP contribution is -2.42. The third kappa shape index (κ3) is 5.49. The second kappa shape index (κ2) is 8.08. The first-order valence-corrected chi connectivity index (χ1v) is 6.77. The molecule has 1 amide bonds. The van der Waals surface area contributed by atoms with E-state index in [0.717, 1.165) is 38.5 Å². The Kier molecular flexibility index (Phi) is 6.72. The lowest BCUT2D eigenvalue weighted by Gasteiger charge is -2.15. The fourth-order valence-corrected chi connectivity index (χ4v) is 2.15. The van der Waals surface area contributed by atoms with Gasteiger partial charge in [0.05, 0.1) is 6.10 Å². The third-order valence-electron chi connectivity index (χ3n) is 3.23. The second-order valence-electron chi connectivity index (χ2n) is 4.82. The molecular weight excluding hydrogens is 234 g/mol. The van der Waals surface area contributed by atoms with E-state index < -0.39 is 12.0 Å². The zero-order valence-corrected chi connectivity index (χ0v) is 11.0. The lowest BCUT2D eigenvalue weighted by molar-refractivity contribution is -0.143. The SMILES string of the molecule is CCCCC(NC(=O)COC1CCCC1)C(=O)O. The Balaban J connectivity index is 2.24. The summed E-state index contributed by atoms with van der Waals surface area (Å²) >= 11 is 0. The van der Waals surface area contributed by atoms with Crippen molar-refractivity contribution in [2.45, 2.75) is 64.0 Å². The number of amides is 1. The maximum absolute atomic E-state index is 11.6. The molecule has 1 aliphatic rings. The molecule has 5 nitrogen and oxygen atoms in total. The van der Waals surface area contributed by atoms with Crippen LogP contribution in [0.2, 0.25) is 0 Å². The fourth-order valence-electron chi connectivity index (χ4n) is 2.15. The number of unbranched alkanes of at least 4 members (excludes halogenated alkanes) is 1. The Bertz CT molecular complexity index is 274. The summed E-state index contributed by atoms with van der Waals surface area (Å²) in [5.74, 6) is -1.30. The van der Waals surface area contributed by atoms with Gasteiger partial charge in [0, 0.05) is 0 Å². The van der Waals surface area contributed by atoms with Gasteiger partial charge in [-0.2, -0.15) is 0 Å². The van der Waals surface area contributed by atoms with E-state index in [2.05, 4.69) is 5.32 Å². The van der Waals surface area contributed by atoms with Crippen LogP contribution in [0.4, 0.5) is 0 Å². The molecule has 0 saturated heterocycles. The Labute approximate surface area is 108 Å². The van der Waals surface area contributed by atoms with Crippen LogP contribution in [0.1, 0.15) is 51.9 Å². The highest BCUT2D eigenvalue weighted by Gasteiger charge is 2.21. The topological polar surface area (TPSA) is 75.6 Å². The highest BCUT2D eigenvalue weighted by atomic mass is 16.5. The van der Waals surface area contributed by atoms with Crippen molar-refractivity contribution in [2.24, 2.45) is 0 Å². The van der Waals surface area contributed by atoms with Crippen LogP contribution in [-0.4, -0.2) is 35.7 Å². The Morgan fingerprint density at radius 3 is 2.61 bits per heavy atom. The monoisotopic (exact) mass is 257 g/mol. The zero-order chi connectivity index (χ0) is 13.4. The van der Waals surface area contributed by atoms with Crippen LogP contribution in [0.25, 0.3) is 0 Å². The van der Waals surface area contributed by atoms with E-state index in [1.54, 1.807) is 0 Å². The number of rotatable bonds is 8. The summed E-state index contributed by atoms with van der Waals surface area (Å²) < 4.78 is 5.44. The molecule has 0 aromatic carbocycles. The Hall–Kier alpha value is -1.10. The third-order valence-corrected chi connectivity index (χ3v) is 3.23. The standard InChI is InChI=1S/C13H23NO4/c1-2-3-8-11(13(16)17)14-12(15)9-18-10-6-4-5-7-10/h10-11H,2-9H2,1H3,(H,14,15)(H,16,17). The smallest absolute Gasteiger partial charge is 0.326 e. The molecule has 1 unspecified atom stereocenters. The number of carboxylic acid groups (broad SMARTS) is 1. The molecule has 18 heavy (non-hydrogen) atoms. The lowest BCUT2D eigenvalue weighted by atomic mass is 10.1. The first kappa shape index (κ1) is 15.0. The Morgan fingerprint density at radius 2 is 2.06 bits per heavy atom. The quantitative estimate of drug-likeness (QED) is 0.694. The highest BCUT2D eigenvalue weighted by Crippen LogP contribution is 2.20. The molecule has 5 heteroatoms. The van der Waals surface area contributed by atoms with Gasteiger partial charge < -0.3 is 15.2 Å². The summed E-state index contributed by atoms with van der Waals surface area (Å²) in [5.41, 5.74) is 0.